The maximum Gasteiger partial charge on any atom is 0.501 e. The molecule has 0 heterocycles. The van der Waals surface area contributed by atoms with Crippen molar-refractivity contribution in [3.05, 3.63) is 64.2 Å². The number of halogens is 3. The molecule has 0 saturated carbocycles. The van der Waals surface area contributed by atoms with Gasteiger partial charge in [0, 0.05) is 18.7 Å². The molecule has 1 atom stereocenters. The minimum absolute atomic E-state index is 0.185. The molecule has 0 radical (unpaired) electrons. The van der Waals surface area contributed by atoms with E-state index in [1.165, 1.54) is 30.3 Å². The van der Waals surface area contributed by atoms with E-state index in [0.717, 1.165) is 18.2 Å². The summed E-state index contributed by atoms with van der Waals surface area (Å²) in [6.07, 6.45) is -1.22. The van der Waals surface area contributed by atoms with E-state index >= 15 is 0 Å². The zero-order valence-electron chi connectivity index (χ0n) is 13.0. The van der Waals surface area contributed by atoms with Crippen molar-refractivity contribution in [3.8, 4) is 0 Å². The first kappa shape index (κ1) is 19.7. The van der Waals surface area contributed by atoms with Gasteiger partial charge >= 0.3 is 5.51 Å². The summed E-state index contributed by atoms with van der Waals surface area (Å²) in [5.41, 5.74) is -5.68. The van der Waals surface area contributed by atoms with Crippen molar-refractivity contribution in [3.63, 3.8) is 0 Å². The predicted molar refractivity (Wildman–Crippen MR) is 86.2 cm³/mol. The van der Waals surface area contributed by atoms with Crippen molar-refractivity contribution >= 4 is 21.2 Å². The van der Waals surface area contributed by atoms with Crippen LogP contribution >= 0.6 is 0 Å². The Balaban J connectivity index is 2.19. The third-order valence-electron chi connectivity index (χ3n) is 3.46. The molecule has 0 fully saturated rings. The molecule has 11 heteroatoms. The molecule has 2 rings (SSSR count). The van der Waals surface area contributed by atoms with Gasteiger partial charge in [-0.25, -0.2) is 8.42 Å². The lowest BCUT2D eigenvalue weighted by Crippen LogP contribution is -2.24. The number of aliphatic hydroxyl groups is 1. The van der Waals surface area contributed by atoms with E-state index in [1.54, 1.807) is 0 Å². The third-order valence-corrected chi connectivity index (χ3v) is 5.00. The van der Waals surface area contributed by atoms with Crippen LogP contribution in [0.3, 0.4) is 0 Å². The Hall–Kier alpha value is -2.66. The SMILES string of the molecule is O=[N+]([O-])c1ccc([C@@H](O)CNc2ccccc2S(=O)(=O)C(F)(F)F)cc1. The Bertz CT molecular complexity index is 898. The minimum Gasteiger partial charge on any atom is -0.387 e. The highest BCUT2D eigenvalue weighted by molar-refractivity contribution is 7.92. The Kier molecular flexibility index (Phi) is 5.52. The highest BCUT2D eigenvalue weighted by atomic mass is 32.2. The number of nitro benzene ring substituents is 1. The minimum atomic E-state index is -5.55. The topological polar surface area (TPSA) is 110 Å². The third kappa shape index (κ3) is 4.11. The molecule has 26 heavy (non-hydrogen) atoms. The molecule has 2 aromatic carbocycles. The van der Waals surface area contributed by atoms with Gasteiger partial charge in [-0.2, -0.15) is 13.2 Å². The van der Waals surface area contributed by atoms with Crippen LogP contribution in [0.4, 0.5) is 24.5 Å². The summed E-state index contributed by atoms with van der Waals surface area (Å²) in [6, 6.07) is 9.37. The normalized spacial score (nSPS) is 13.2. The smallest absolute Gasteiger partial charge is 0.387 e. The Labute approximate surface area is 146 Å². The van der Waals surface area contributed by atoms with Crippen molar-refractivity contribution in [1.29, 1.82) is 0 Å². The summed E-state index contributed by atoms with van der Waals surface area (Å²) in [6.45, 7) is -0.303. The molecule has 0 aliphatic carbocycles. The van der Waals surface area contributed by atoms with E-state index in [2.05, 4.69) is 5.32 Å². The molecule has 2 N–H and O–H groups in total. The number of nitro groups is 1. The molecule has 0 bridgehead atoms. The van der Waals surface area contributed by atoms with Gasteiger partial charge < -0.3 is 10.4 Å². The number of nitrogens with zero attached hydrogens (tertiary/aromatic N) is 1. The summed E-state index contributed by atoms with van der Waals surface area (Å²) in [7, 11) is -5.55. The van der Waals surface area contributed by atoms with Crippen molar-refractivity contribution in [2.45, 2.75) is 16.5 Å². The Morgan fingerprint density at radius 3 is 2.23 bits per heavy atom. The lowest BCUT2D eigenvalue weighted by atomic mass is 10.1. The predicted octanol–water partition coefficient (Wildman–Crippen LogP) is 3.03. The van der Waals surface area contributed by atoms with E-state index in [4.69, 9.17) is 0 Å². The van der Waals surface area contributed by atoms with Gasteiger partial charge in [0.25, 0.3) is 15.5 Å². The lowest BCUT2D eigenvalue weighted by molar-refractivity contribution is -0.384. The number of alkyl halides is 3. The summed E-state index contributed by atoms with van der Waals surface area (Å²) in [5, 5.41) is 23.1. The Morgan fingerprint density at radius 1 is 1.12 bits per heavy atom. The molecule has 0 aromatic heterocycles. The second-order valence-corrected chi connectivity index (χ2v) is 7.10. The fourth-order valence-electron chi connectivity index (χ4n) is 2.11. The molecular weight excluding hydrogens is 377 g/mol. The summed E-state index contributed by atoms with van der Waals surface area (Å²) >= 11 is 0. The number of hydrogen-bond donors (Lipinski definition) is 2. The number of non-ortho nitro benzene ring substituents is 1. The van der Waals surface area contributed by atoms with Crippen molar-refractivity contribution in [2.24, 2.45) is 0 Å². The molecule has 0 saturated heterocycles. The van der Waals surface area contributed by atoms with Crippen LogP contribution in [0.1, 0.15) is 11.7 Å². The van der Waals surface area contributed by atoms with E-state index in [-0.39, 0.29) is 23.5 Å². The molecule has 0 aliphatic rings. The van der Waals surface area contributed by atoms with Crippen LogP contribution < -0.4 is 5.32 Å². The molecule has 0 aliphatic heterocycles. The second-order valence-electron chi connectivity index (χ2n) is 5.19. The first-order valence-electron chi connectivity index (χ1n) is 7.10. The quantitative estimate of drug-likeness (QED) is 0.580. The highest BCUT2D eigenvalue weighted by Crippen LogP contribution is 2.34. The average molecular weight is 390 g/mol. The number of para-hydroxylation sites is 1. The molecule has 140 valence electrons. The van der Waals surface area contributed by atoms with Gasteiger partial charge in [-0.15, -0.1) is 0 Å². The van der Waals surface area contributed by atoms with Crippen LogP contribution in [0, 0.1) is 10.1 Å². The number of nitrogens with one attached hydrogen (secondary N) is 1. The lowest BCUT2D eigenvalue weighted by Gasteiger charge is -2.16. The van der Waals surface area contributed by atoms with Crippen LogP contribution in [0.5, 0.6) is 0 Å². The van der Waals surface area contributed by atoms with Crippen LogP contribution in [0.2, 0.25) is 0 Å². The van der Waals surface area contributed by atoms with Crippen LogP contribution in [-0.4, -0.2) is 30.5 Å². The Morgan fingerprint density at radius 2 is 1.69 bits per heavy atom. The van der Waals surface area contributed by atoms with E-state index in [9.17, 15) is 36.8 Å². The largest absolute Gasteiger partial charge is 0.501 e. The van der Waals surface area contributed by atoms with Crippen LogP contribution in [-0.2, 0) is 9.84 Å². The van der Waals surface area contributed by atoms with Crippen LogP contribution in [0.25, 0.3) is 0 Å². The maximum atomic E-state index is 12.7. The fraction of sp³-hybridized carbons (Fsp3) is 0.200. The number of sulfone groups is 1. The van der Waals surface area contributed by atoms with Gasteiger partial charge in [0.2, 0.25) is 0 Å². The van der Waals surface area contributed by atoms with E-state index in [0.29, 0.717) is 0 Å². The highest BCUT2D eigenvalue weighted by Gasteiger charge is 2.47. The number of hydrogen-bond acceptors (Lipinski definition) is 6. The van der Waals surface area contributed by atoms with E-state index in [1.807, 2.05) is 0 Å². The molecule has 0 amide bonds. The standard InChI is InChI=1S/C15H13F3N2O5S/c16-15(17,18)26(24,25)14-4-2-1-3-12(14)19-9-13(21)10-5-7-11(8-6-10)20(22)23/h1-8,13,19,21H,9H2/t13-/m0/s1. The summed E-state index contributed by atoms with van der Waals surface area (Å²) in [5.74, 6) is 0. The van der Waals surface area contributed by atoms with Crippen molar-refractivity contribution < 1.29 is 31.6 Å². The molecule has 2 aromatic rings. The van der Waals surface area contributed by atoms with Gasteiger partial charge in [-0.05, 0) is 29.8 Å². The fourth-order valence-corrected chi connectivity index (χ4v) is 3.05. The zero-order chi connectivity index (χ0) is 19.5. The van der Waals surface area contributed by atoms with E-state index < -0.39 is 31.3 Å². The van der Waals surface area contributed by atoms with Gasteiger partial charge in [0.1, 0.15) is 0 Å². The first-order valence-corrected chi connectivity index (χ1v) is 8.59. The second kappa shape index (κ2) is 7.30. The van der Waals surface area contributed by atoms with Crippen molar-refractivity contribution in [2.75, 3.05) is 11.9 Å². The molecule has 0 unspecified atom stereocenters. The number of anilines is 1. The van der Waals surface area contributed by atoms with Crippen LogP contribution in [0.15, 0.2) is 53.4 Å². The van der Waals surface area contributed by atoms with Gasteiger partial charge in [0.15, 0.2) is 0 Å². The average Bonchev–Trinajstić information content (AvgIpc) is 2.59. The summed E-state index contributed by atoms with van der Waals surface area (Å²) in [4.78, 5) is 9.01. The zero-order valence-corrected chi connectivity index (χ0v) is 13.8. The monoisotopic (exact) mass is 390 g/mol. The number of rotatable bonds is 6. The molecular formula is C15H13F3N2O5S. The maximum absolute atomic E-state index is 12.7. The number of benzene rings is 2. The first-order chi connectivity index (χ1) is 12.0. The van der Waals surface area contributed by atoms with Gasteiger partial charge in [-0.3, -0.25) is 10.1 Å². The van der Waals surface area contributed by atoms with Gasteiger partial charge in [-0.1, -0.05) is 12.1 Å². The number of aliphatic hydroxyl groups excluding tert-OH is 1. The summed E-state index contributed by atoms with van der Waals surface area (Å²) < 4.78 is 61.4. The molecule has 0 spiro atoms. The molecule has 7 nitrogen and oxygen atoms in total. The van der Waals surface area contributed by atoms with Gasteiger partial charge in [0.05, 0.1) is 21.6 Å². The van der Waals surface area contributed by atoms with Crippen molar-refractivity contribution in [1.82, 2.24) is 0 Å².